The van der Waals surface area contributed by atoms with Crippen molar-refractivity contribution in [2.24, 2.45) is 5.41 Å². The lowest BCUT2D eigenvalue weighted by Gasteiger charge is -2.40. The Hall–Kier alpha value is -2.37. The molecule has 1 aliphatic heterocycles. The lowest BCUT2D eigenvalue weighted by atomic mass is 9.66. The Morgan fingerprint density at radius 2 is 2.11 bits per heavy atom. The van der Waals surface area contributed by atoms with Crippen LogP contribution < -0.4 is 0 Å². The molecule has 0 N–H and O–H groups in total. The van der Waals surface area contributed by atoms with Crippen LogP contribution in [0.25, 0.3) is 11.1 Å². The first-order chi connectivity index (χ1) is 13.1. The van der Waals surface area contributed by atoms with Crippen LogP contribution in [0.15, 0.2) is 28.7 Å². The van der Waals surface area contributed by atoms with Crippen LogP contribution >= 0.6 is 0 Å². The van der Waals surface area contributed by atoms with Crippen molar-refractivity contribution in [3.05, 3.63) is 30.2 Å². The van der Waals surface area contributed by atoms with E-state index >= 15 is 0 Å². The van der Waals surface area contributed by atoms with Gasteiger partial charge in [-0.05, 0) is 44.7 Å². The Balaban J connectivity index is 1.44. The van der Waals surface area contributed by atoms with E-state index in [0.29, 0.717) is 19.0 Å². The number of fused-ring (bicyclic) bond motifs is 1. The molecule has 0 spiro atoms. The molecule has 1 aliphatic carbocycles. The Labute approximate surface area is 158 Å². The summed E-state index contributed by atoms with van der Waals surface area (Å²) in [5, 5.41) is 0. The van der Waals surface area contributed by atoms with Crippen LogP contribution in [-0.4, -0.2) is 41.5 Å². The number of para-hydroxylation sites is 2. The molecule has 2 fully saturated rings. The third-order valence-electron chi connectivity index (χ3n) is 5.94. The second kappa shape index (κ2) is 7.33. The zero-order valence-corrected chi connectivity index (χ0v) is 15.8. The molecule has 2 aliphatic rings. The number of piperidine rings is 1. The van der Waals surface area contributed by atoms with Gasteiger partial charge in [0.25, 0.3) is 0 Å². The monoisotopic (exact) mass is 370 g/mol. The summed E-state index contributed by atoms with van der Waals surface area (Å²) in [6.45, 7) is 3.50. The number of aromatic nitrogens is 1. The number of hydrogen-bond donors (Lipinski definition) is 0. The molecular formula is C21H26N2O4. The first kappa shape index (κ1) is 18.0. The Kier molecular flexibility index (Phi) is 4.89. The normalized spacial score (nSPS) is 21.7. The second-order valence-corrected chi connectivity index (χ2v) is 7.73. The maximum absolute atomic E-state index is 12.9. The van der Waals surface area contributed by atoms with E-state index in [2.05, 4.69) is 4.98 Å². The molecule has 0 radical (unpaired) electrons. The molecule has 1 saturated heterocycles. The van der Waals surface area contributed by atoms with Crippen LogP contribution in [0.4, 0.5) is 0 Å². The average molecular weight is 370 g/mol. The van der Waals surface area contributed by atoms with E-state index in [1.165, 1.54) is 0 Å². The number of carbonyl (C=O) groups is 2. The van der Waals surface area contributed by atoms with Crippen molar-refractivity contribution >= 4 is 23.0 Å². The summed E-state index contributed by atoms with van der Waals surface area (Å²) >= 11 is 0. The van der Waals surface area contributed by atoms with Gasteiger partial charge in [-0.3, -0.25) is 9.59 Å². The third kappa shape index (κ3) is 3.45. The molecule has 6 heteroatoms. The van der Waals surface area contributed by atoms with Crippen molar-refractivity contribution in [2.75, 3.05) is 19.7 Å². The summed E-state index contributed by atoms with van der Waals surface area (Å²) in [6.07, 6.45) is 4.62. The predicted octanol–water partition coefficient (Wildman–Crippen LogP) is 3.66. The van der Waals surface area contributed by atoms with Gasteiger partial charge in [0, 0.05) is 19.5 Å². The number of carbonyl (C=O) groups excluding carboxylic acids is 2. The Morgan fingerprint density at radius 3 is 2.81 bits per heavy atom. The maximum Gasteiger partial charge on any atom is 0.312 e. The molecule has 27 heavy (non-hydrogen) atoms. The Bertz CT molecular complexity index is 807. The first-order valence-corrected chi connectivity index (χ1v) is 9.92. The fourth-order valence-electron chi connectivity index (χ4n) is 4.21. The lowest BCUT2D eigenvalue weighted by Crippen LogP contribution is -2.46. The number of oxazole rings is 1. The van der Waals surface area contributed by atoms with E-state index in [0.717, 1.165) is 49.7 Å². The van der Waals surface area contributed by atoms with Gasteiger partial charge in [0.05, 0.1) is 17.9 Å². The van der Waals surface area contributed by atoms with Gasteiger partial charge in [-0.15, -0.1) is 0 Å². The van der Waals surface area contributed by atoms with E-state index < -0.39 is 5.41 Å². The minimum absolute atomic E-state index is 0.0450. The number of benzene rings is 1. The van der Waals surface area contributed by atoms with Gasteiger partial charge < -0.3 is 14.1 Å². The topological polar surface area (TPSA) is 72.6 Å². The molecule has 1 saturated carbocycles. The molecule has 1 aromatic carbocycles. The fraction of sp³-hybridized carbons (Fsp3) is 0.571. The van der Waals surface area contributed by atoms with Gasteiger partial charge in [-0.2, -0.15) is 0 Å². The van der Waals surface area contributed by atoms with Crippen LogP contribution in [0.1, 0.15) is 57.3 Å². The first-order valence-electron chi connectivity index (χ1n) is 9.92. The highest BCUT2D eigenvalue weighted by molar-refractivity contribution is 5.86. The molecule has 2 aromatic rings. The van der Waals surface area contributed by atoms with E-state index in [-0.39, 0.29) is 24.2 Å². The molecule has 0 unspecified atom stereocenters. The lowest BCUT2D eigenvalue weighted by molar-refractivity contribution is -0.165. The molecule has 2 heterocycles. The van der Waals surface area contributed by atoms with Crippen LogP contribution in [0.5, 0.6) is 0 Å². The van der Waals surface area contributed by atoms with Crippen LogP contribution in [0.3, 0.4) is 0 Å². The summed E-state index contributed by atoms with van der Waals surface area (Å²) in [7, 11) is 0. The Morgan fingerprint density at radius 1 is 1.30 bits per heavy atom. The van der Waals surface area contributed by atoms with Crippen molar-refractivity contribution in [1.29, 1.82) is 0 Å². The van der Waals surface area contributed by atoms with E-state index in [1.54, 1.807) is 0 Å². The summed E-state index contributed by atoms with van der Waals surface area (Å²) in [5.74, 6) is 0.646. The van der Waals surface area contributed by atoms with Crippen molar-refractivity contribution in [3.63, 3.8) is 0 Å². The van der Waals surface area contributed by atoms with Gasteiger partial charge in [-0.1, -0.05) is 18.6 Å². The van der Waals surface area contributed by atoms with Gasteiger partial charge in [0.2, 0.25) is 5.91 Å². The van der Waals surface area contributed by atoms with Gasteiger partial charge >= 0.3 is 5.97 Å². The third-order valence-corrected chi connectivity index (χ3v) is 5.94. The van der Waals surface area contributed by atoms with Gasteiger partial charge in [0.15, 0.2) is 11.5 Å². The zero-order valence-electron chi connectivity index (χ0n) is 15.8. The number of nitrogens with zero attached hydrogens (tertiary/aromatic N) is 2. The number of ether oxygens (including phenoxy) is 1. The molecule has 1 amide bonds. The highest BCUT2D eigenvalue weighted by atomic mass is 16.5. The fourth-order valence-corrected chi connectivity index (χ4v) is 4.21. The van der Waals surface area contributed by atoms with Crippen molar-refractivity contribution in [3.8, 4) is 0 Å². The second-order valence-electron chi connectivity index (χ2n) is 7.73. The molecule has 6 nitrogen and oxygen atoms in total. The summed E-state index contributed by atoms with van der Waals surface area (Å²) in [6, 6.07) is 7.73. The van der Waals surface area contributed by atoms with Gasteiger partial charge in [0.1, 0.15) is 5.52 Å². The van der Waals surface area contributed by atoms with Gasteiger partial charge in [-0.25, -0.2) is 4.98 Å². The van der Waals surface area contributed by atoms with E-state index in [9.17, 15) is 9.59 Å². The smallest absolute Gasteiger partial charge is 0.312 e. The minimum atomic E-state index is -0.600. The number of rotatable bonds is 5. The van der Waals surface area contributed by atoms with Crippen LogP contribution in [-0.2, 0) is 14.3 Å². The maximum atomic E-state index is 12.9. The minimum Gasteiger partial charge on any atom is -0.466 e. The zero-order chi connectivity index (χ0) is 18.9. The molecule has 144 valence electrons. The van der Waals surface area contributed by atoms with Crippen molar-refractivity contribution < 1.29 is 18.7 Å². The van der Waals surface area contributed by atoms with E-state index in [4.69, 9.17) is 9.15 Å². The highest BCUT2D eigenvalue weighted by Crippen LogP contribution is 2.45. The van der Waals surface area contributed by atoms with Crippen molar-refractivity contribution in [2.45, 2.75) is 51.4 Å². The summed E-state index contributed by atoms with van der Waals surface area (Å²) in [4.78, 5) is 31.7. The summed E-state index contributed by atoms with van der Waals surface area (Å²) in [5.41, 5.74) is 1.04. The number of likely N-dealkylation sites (tertiary alicyclic amines) is 1. The standard InChI is InChI=1S/C21H26N2O4/c1-2-26-20(25)21(10-6-11-21)13-18(24)23-12-5-7-15(14-23)19-22-16-8-3-4-9-17(16)27-19/h3-4,8-9,15H,2,5-7,10-14H2,1H3/t15-/m0/s1. The molecule has 1 atom stereocenters. The van der Waals surface area contributed by atoms with Crippen LogP contribution in [0.2, 0.25) is 0 Å². The van der Waals surface area contributed by atoms with Crippen molar-refractivity contribution in [1.82, 2.24) is 9.88 Å². The highest BCUT2D eigenvalue weighted by Gasteiger charge is 2.48. The van der Waals surface area contributed by atoms with E-state index in [1.807, 2.05) is 36.1 Å². The summed E-state index contributed by atoms with van der Waals surface area (Å²) < 4.78 is 11.1. The number of esters is 1. The number of amides is 1. The quantitative estimate of drug-likeness (QED) is 0.751. The molecule has 1 aromatic heterocycles. The molecular weight excluding hydrogens is 344 g/mol. The average Bonchev–Trinajstić information content (AvgIpc) is 3.09. The van der Waals surface area contributed by atoms with Crippen LogP contribution in [0, 0.1) is 5.41 Å². The molecule has 4 rings (SSSR count). The largest absolute Gasteiger partial charge is 0.466 e. The number of hydrogen-bond acceptors (Lipinski definition) is 5. The molecule has 0 bridgehead atoms. The SMILES string of the molecule is CCOC(=O)C1(CC(=O)N2CCC[C@H](c3nc4ccccc4o3)C2)CCC1. The predicted molar refractivity (Wildman–Crippen MR) is 100 cm³/mol.